The maximum Gasteiger partial charge on any atom is 0.244 e. The van der Waals surface area contributed by atoms with Crippen molar-refractivity contribution in [1.29, 1.82) is 0 Å². The van der Waals surface area contributed by atoms with Crippen molar-refractivity contribution in [3.05, 3.63) is 18.0 Å². The number of hydrogen-bond donors (Lipinski definition) is 0. The van der Waals surface area contributed by atoms with Gasteiger partial charge < -0.3 is 4.57 Å². The Balaban J connectivity index is 1.92. The van der Waals surface area contributed by atoms with Crippen LogP contribution in [0.5, 0.6) is 0 Å². The molecule has 2 fully saturated rings. The minimum absolute atomic E-state index is 0.195. The summed E-state index contributed by atoms with van der Waals surface area (Å²) in [5.74, 6) is 0.693. The molecule has 2 saturated carbocycles. The molecule has 6 heteroatoms. The molecule has 0 amide bonds. The molecule has 0 bridgehead atoms. The second kappa shape index (κ2) is 5.60. The van der Waals surface area contributed by atoms with E-state index in [4.69, 9.17) is 11.6 Å². The minimum atomic E-state index is -3.40. The normalized spacial score (nSPS) is 19.7. The van der Waals surface area contributed by atoms with Crippen LogP contribution in [-0.4, -0.2) is 29.9 Å². The van der Waals surface area contributed by atoms with Crippen LogP contribution in [0.3, 0.4) is 0 Å². The lowest BCUT2D eigenvalue weighted by atomic mass is 10.2. The van der Waals surface area contributed by atoms with Crippen molar-refractivity contribution in [1.82, 2.24) is 8.87 Å². The van der Waals surface area contributed by atoms with Gasteiger partial charge in [-0.1, -0.05) is 13.8 Å². The monoisotopic (exact) mass is 330 g/mol. The SMILES string of the molecule is CC(C)CN(C1CC1)S(=O)(=O)c1cc(CCl)n(C2CC2)c1. The highest BCUT2D eigenvalue weighted by Gasteiger charge is 2.39. The van der Waals surface area contributed by atoms with Crippen LogP contribution in [-0.2, 0) is 15.9 Å². The van der Waals surface area contributed by atoms with E-state index in [1.54, 1.807) is 16.6 Å². The second-order valence-electron chi connectivity index (χ2n) is 6.64. The summed E-state index contributed by atoms with van der Waals surface area (Å²) in [6.07, 6.45) is 6.00. The van der Waals surface area contributed by atoms with Gasteiger partial charge in [0.05, 0.1) is 5.88 Å². The maximum absolute atomic E-state index is 12.9. The van der Waals surface area contributed by atoms with E-state index >= 15 is 0 Å². The zero-order valence-corrected chi connectivity index (χ0v) is 14.2. The minimum Gasteiger partial charge on any atom is -0.346 e. The smallest absolute Gasteiger partial charge is 0.244 e. The van der Waals surface area contributed by atoms with Crippen molar-refractivity contribution in [3.8, 4) is 0 Å². The summed E-state index contributed by atoms with van der Waals surface area (Å²) in [5, 5.41) is 0. The first kappa shape index (κ1) is 15.4. The summed E-state index contributed by atoms with van der Waals surface area (Å²) in [7, 11) is -3.40. The van der Waals surface area contributed by atoms with Gasteiger partial charge in [0.15, 0.2) is 0 Å². The molecule has 0 saturated heterocycles. The van der Waals surface area contributed by atoms with E-state index in [-0.39, 0.29) is 6.04 Å². The molecule has 21 heavy (non-hydrogen) atoms. The zero-order chi connectivity index (χ0) is 15.2. The Labute approximate surface area is 132 Å². The molecular formula is C15H23ClN2O2S. The fourth-order valence-corrected chi connectivity index (χ4v) is 4.85. The molecule has 118 valence electrons. The molecule has 1 aromatic heterocycles. The first-order valence-corrected chi connectivity index (χ1v) is 9.69. The highest BCUT2D eigenvalue weighted by molar-refractivity contribution is 7.89. The predicted octanol–water partition coefficient (Wildman–Crippen LogP) is 3.37. The quantitative estimate of drug-likeness (QED) is 0.719. The largest absolute Gasteiger partial charge is 0.346 e. The summed E-state index contributed by atoms with van der Waals surface area (Å²) >= 11 is 5.98. The number of sulfonamides is 1. The molecule has 4 nitrogen and oxygen atoms in total. The van der Waals surface area contributed by atoms with Crippen molar-refractivity contribution in [2.45, 2.75) is 62.4 Å². The van der Waals surface area contributed by atoms with Crippen LogP contribution < -0.4 is 0 Å². The number of rotatable bonds is 7. The Morgan fingerprint density at radius 2 is 2.00 bits per heavy atom. The van der Waals surface area contributed by atoms with E-state index in [9.17, 15) is 8.42 Å². The number of alkyl halides is 1. The van der Waals surface area contributed by atoms with Crippen LogP contribution in [0, 0.1) is 5.92 Å². The van der Waals surface area contributed by atoms with Gasteiger partial charge >= 0.3 is 0 Å². The molecule has 3 rings (SSSR count). The predicted molar refractivity (Wildman–Crippen MR) is 84.0 cm³/mol. The summed E-state index contributed by atoms with van der Waals surface area (Å²) in [4.78, 5) is 0.414. The molecule has 2 aliphatic carbocycles. The molecule has 2 aliphatic rings. The molecule has 0 aromatic carbocycles. The van der Waals surface area contributed by atoms with Crippen LogP contribution in [0.4, 0.5) is 0 Å². The van der Waals surface area contributed by atoms with Crippen molar-refractivity contribution in [2.24, 2.45) is 5.92 Å². The van der Waals surface area contributed by atoms with Crippen molar-refractivity contribution >= 4 is 21.6 Å². The van der Waals surface area contributed by atoms with Gasteiger partial charge in [0, 0.05) is 30.5 Å². The third-order valence-corrected chi connectivity index (χ3v) is 6.25. The van der Waals surface area contributed by atoms with Crippen LogP contribution in [0.15, 0.2) is 17.2 Å². The first-order chi connectivity index (χ1) is 9.93. The van der Waals surface area contributed by atoms with E-state index in [1.165, 1.54) is 0 Å². The van der Waals surface area contributed by atoms with Crippen LogP contribution in [0.25, 0.3) is 0 Å². The van der Waals surface area contributed by atoms with Gasteiger partial charge in [-0.2, -0.15) is 4.31 Å². The second-order valence-corrected chi connectivity index (χ2v) is 8.80. The van der Waals surface area contributed by atoms with Crippen LogP contribution in [0.1, 0.15) is 51.3 Å². The van der Waals surface area contributed by atoms with Gasteiger partial charge in [0.1, 0.15) is 4.90 Å². The highest BCUT2D eigenvalue weighted by atomic mass is 35.5. The Kier molecular flexibility index (Phi) is 4.10. The molecule has 0 unspecified atom stereocenters. The van der Waals surface area contributed by atoms with Crippen LogP contribution in [0.2, 0.25) is 0 Å². The Morgan fingerprint density at radius 1 is 1.33 bits per heavy atom. The average molecular weight is 331 g/mol. The molecule has 0 radical (unpaired) electrons. The van der Waals surface area contributed by atoms with Crippen LogP contribution >= 0.6 is 11.6 Å². The van der Waals surface area contributed by atoms with E-state index in [0.717, 1.165) is 31.4 Å². The Bertz CT molecular complexity index is 616. The van der Waals surface area contributed by atoms with E-state index in [0.29, 0.717) is 29.3 Å². The summed E-state index contributed by atoms with van der Waals surface area (Å²) in [6, 6.07) is 2.40. The van der Waals surface area contributed by atoms with Gasteiger partial charge in [-0.3, -0.25) is 0 Å². The van der Waals surface area contributed by atoms with Gasteiger partial charge in [-0.05, 0) is 37.7 Å². The van der Waals surface area contributed by atoms with Crippen molar-refractivity contribution in [3.63, 3.8) is 0 Å². The average Bonchev–Trinajstić information content (AvgIpc) is 3.33. The van der Waals surface area contributed by atoms with E-state index in [1.807, 2.05) is 0 Å². The standard InChI is InChI=1S/C15H23ClN2O2S/c1-11(2)9-18(13-5-6-13)21(19,20)15-7-14(8-16)17(10-15)12-3-4-12/h7,10-13H,3-6,8-9H2,1-2H3. The summed E-state index contributed by atoms with van der Waals surface area (Å²) in [6.45, 7) is 4.72. The third kappa shape index (κ3) is 3.15. The zero-order valence-electron chi connectivity index (χ0n) is 12.6. The molecule has 1 heterocycles. The van der Waals surface area contributed by atoms with Gasteiger partial charge in [0.25, 0.3) is 0 Å². The topological polar surface area (TPSA) is 42.3 Å². The molecule has 1 aromatic rings. The van der Waals surface area contributed by atoms with Crippen molar-refractivity contribution in [2.75, 3.05) is 6.54 Å². The lowest BCUT2D eigenvalue weighted by molar-refractivity contribution is 0.360. The molecule has 0 atom stereocenters. The molecule has 0 N–H and O–H groups in total. The lowest BCUT2D eigenvalue weighted by Gasteiger charge is -2.23. The number of nitrogens with zero attached hydrogens (tertiary/aromatic N) is 2. The Hall–Kier alpha value is -0.520. The van der Waals surface area contributed by atoms with E-state index < -0.39 is 10.0 Å². The van der Waals surface area contributed by atoms with Gasteiger partial charge in [0.2, 0.25) is 10.0 Å². The van der Waals surface area contributed by atoms with E-state index in [2.05, 4.69) is 18.4 Å². The molecule has 0 spiro atoms. The highest BCUT2D eigenvalue weighted by Crippen LogP contribution is 2.39. The lowest BCUT2D eigenvalue weighted by Crippen LogP contribution is -2.35. The summed E-state index contributed by atoms with van der Waals surface area (Å²) < 4.78 is 29.6. The fourth-order valence-electron chi connectivity index (χ4n) is 2.74. The van der Waals surface area contributed by atoms with Gasteiger partial charge in [-0.15, -0.1) is 11.6 Å². The summed E-state index contributed by atoms with van der Waals surface area (Å²) in [5.41, 5.74) is 0.915. The first-order valence-electron chi connectivity index (χ1n) is 7.72. The third-order valence-electron chi connectivity index (χ3n) is 4.09. The van der Waals surface area contributed by atoms with Crippen molar-refractivity contribution < 1.29 is 8.42 Å². The molecular weight excluding hydrogens is 308 g/mol. The fraction of sp³-hybridized carbons (Fsp3) is 0.733. The maximum atomic E-state index is 12.9. The van der Waals surface area contributed by atoms with Gasteiger partial charge in [-0.25, -0.2) is 8.42 Å². The Morgan fingerprint density at radius 3 is 2.48 bits per heavy atom. The number of halogens is 1. The number of aromatic nitrogens is 1. The number of hydrogen-bond acceptors (Lipinski definition) is 2. The molecule has 0 aliphatic heterocycles.